The second kappa shape index (κ2) is 8.67. The predicted molar refractivity (Wildman–Crippen MR) is 101 cm³/mol. The number of nitro groups is 1. The molecule has 2 heterocycles. The van der Waals surface area contributed by atoms with Gasteiger partial charge in [0.25, 0.3) is 5.69 Å². The fourth-order valence-electron chi connectivity index (χ4n) is 3.33. The molecule has 1 aromatic rings. The van der Waals surface area contributed by atoms with Crippen molar-refractivity contribution in [1.82, 2.24) is 15.1 Å². The van der Waals surface area contributed by atoms with E-state index in [-0.39, 0.29) is 18.3 Å². The Morgan fingerprint density at radius 3 is 2.72 bits per heavy atom. The van der Waals surface area contributed by atoms with Crippen LogP contribution in [0.3, 0.4) is 0 Å². The van der Waals surface area contributed by atoms with Gasteiger partial charge in [0.2, 0.25) is 18.3 Å². The van der Waals surface area contributed by atoms with E-state index in [9.17, 15) is 24.5 Å². The van der Waals surface area contributed by atoms with Crippen LogP contribution in [-0.2, 0) is 19.1 Å². The topological polar surface area (TPSA) is 134 Å². The van der Waals surface area contributed by atoms with Gasteiger partial charge in [-0.15, -0.1) is 0 Å². The molecule has 154 valence electrons. The second-order valence-corrected chi connectivity index (χ2v) is 6.60. The summed E-state index contributed by atoms with van der Waals surface area (Å²) in [4.78, 5) is 54.7. The van der Waals surface area contributed by atoms with Crippen molar-refractivity contribution in [2.45, 2.75) is 13.0 Å². The molecule has 0 unspecified atom stereocenters. The molecule has 1 saturated heterocycles. The molecule has 0 aliphatic carbocycles. The maximum atomic E-state index is 12.8. The van der Waals surface area contributed by atoms with E-state index in [2.05, 4.69) is 10.3 Å². The Bertz CT molecular complexity index is 849. The Balaban J connectivity index is 1.96. The molecule has 11 heteroatoms. The molecule has 0 spiro atoms. The summed E-state index contributed by atoms with van der Waals surface area (Å²) >= 11 is 0. The van der Waals surface area contributed by atoms with Crippen molar-refractivity contribution in [3.63, 3.8) is 0 Å². The number of esters is 1. The van der Waals surface area contributed by atoms with Crippen LogP contribution in [0.4, 0.5) is 5.69 Å². The lowest BCUT2D eigenvalue weighted by atomic mass is 9.91. The highest BCUT2D eigenvalue weighted by molar-refractivity contribution is 6.08. The molecule has 3 rings (SSSR count). The Morgan fingerprint density at radius 1 is 1.38 bits per heavy atom. The SMILES string of the molecule is CCOC(=O)[C@@H]1C(=O)NC(N2CCN(C=O)CC2)=N[C@H]1c1cccc([N+](=O)[O-])c1. The zero-order chi connectivity index (χ0) is 21.0. The summed E-state index contributed by atoms with van der Waals surface area (Å²) in [6, 6.07) is 4.76. The van der Waals surface area contributed by atoms with Crippen LogP contribution in [-0.4, -0.2) is 71.8 Å². The minimum absolute atomic E-state index is 0.0918. The minimum atomic E-state index is -1.25. The van der Waals surface area contributed by atoms with Crippen LogP contribution in [0.5, 0.6) is 0 Å². The molecule has 11 nitrogen and oxygen atoms in total. The van der Waals surface area contributed by atoms with Crippen LogP contribution in [0.25, 0.3) is 0 Å². The molecule has 1 fully saturated rings. The van der Waals surface area contributed by atoms with E-state index in [4.69, 9.17) is 4.74 Å². The van der Waals surface area contributed by atoms with Gasteiger partial charge in [0.1, 0.15) is 6.04 Å². The predicted octanol–water partition coefficient (Wildman–Crippen LogP) is 0.0750. The van der Waals surface area contributed by atoms with E-state index in [0.717, 1.165) is 6.41 Å². The molecule has 0 bridgehead atoms. The van der Waals surface area contributed by atoms with Gasteiger partial charge in [0.15, 0.2) is 5.92 Å². The summed E-state index contributed by atoms with van der Waals surface area (Å²) in [5.41, 5.74) is 0.212. The van der Waals surface area contributed by atoms with Gasteiger partial charge in [0, 0.05) is 38.3 Å². The fraction of sp³-hybridized carbons (Fsp3) is 0.444. The summed E-state index contributed by atoms with van der Waals surface area (Å²) in [6.45, 7) is 3.59. The van der Waals surface area contributed by atoms with E-state index < -0.39 is 28.8 Å². The van der Waals surface area contributed by atoms with Crippen molar-refractivity contribution < 1.29 is 24.0 Å². The van der Waals surface area contributed by atoms with Gasteiger partial charge < -0.3 is 14.5 Å². The molecule has 1 N–H and O–H groups in total. The molecule has 2 amide bonds. The first-order valence-electron chi connectivity index (χ1n) is 9.18. The first kappa shape index (κ1) is 20.2. The molecular formula is C18H21N5O6. The number of guanidine groups is 1. The van der Waals surface area contributed by atoms with Crippen LogP contribution < -0.4 is 5.32 Å². The third-order valence-electron chi connectivity index (χ3n) is 4.82. The minimum Gasteiger partial charge on any atom is -0.465 e. The zero-order valence-corrected chi connectivity index (χ0v) is 15.8. The molecule has 2 aliphatic heterocycles. The van der Waals surface area contributed by atoms with Crippen LogP contribution in [0.15, 0.2) is 29.3 Å². The Hall–Kier alpha value is -3.50. The number of aliphatic imine (C=N–C) groups is 1. The van der Waals surface area contributed by atoms with Crippen molar-refractivity contribution in [2.75, 3.05) is 32.8 Å². The molecule has 1 aromatic carbocycles. The number of ether oxygens (including phenoxy) is 1. The van der Waals surface area contributed by atoms with Crippen molar-refractivity contribution in [1.29, 1.82) is 0 Å². The van der Waals surface area contributed by atoms with Crippen LogP contribution in [0.1, 0.15) is 18.5 Å². The average molecular weight is 403 g/mol. The zero-order valence-electron chi connectivity index (χ0n) is 15.8. The number of nitro benzene ring substituents is 1. The van der Waals surface area contributed by atoms with Crippen molar-refractivity contribution in [3.05, 3.63) is 39.9 Å². The van der Waals surface area contributed by atoms with Crippen molar-refractivity contribution in [3.8, 4) is 0 Å². The molecular weight excluding hydrogens is 382 g/mol. The van der Waals surface area contributed by atoms with E-state index in [1.54, 1.807) is 17.9 Å². The smallest absolute Gasteiger partial charge is 0.321 e. The highest BCUT2D eigenvalue weighted by Crippen LogP contribution is 2.32. The number of piperazine rings is 1. The number of hydrogen-bond donors (Lipinski definition) is 1. The number of hydrogen-bond acceptors (Lipinski definition) is 8. The summed E-state index contributed by atoms with van der Waals surface area (Å²) in [5, 5.41) is 13.8. The third kappa shape index (κ3) is 4.33. The van der Waals surface area contributed by atoms with E-state index in [1.807, 2.05) is 4.90 Å². The van der Waals surface area contributed by atoms with Crippen LogP contribution in [0, 0.1) is 16.0 Å². The monoisotopic (exact) mass is 403 g/mol. The van der Waals surface area contributed by atoms with Gasteiger partial charge >= 0.3 is 5.97 Å². The lowest BCUT2D eigenvalue weighted by molar-refractivity contribution is -0.384. The van der Waals surface area contributed by atoms with Crippen LogP contribution in [0.2, 0.25) is 0 Å². The van der Waals surface area contributed by atoms with Gasteiger partial charge in [-0.05, 0) is 12.5 Å². The fourth-order valence-corrected chi connectivity index (χ4v) is 3.33. The molecule has 0 aromatic heterocycles. The van der Waals surface area contributed by atoms with Crippen LogP contribution >= 0.6 is 0 Å². The standard InChI is InChI=1S/C18H21N5O6/c1-2-29-17(26)14-15(12-4-3-5-13(10-12)23(27)28)19-18(20-16(14)25)22-8-6-21(11-24)7-9-22/h3-5,10-11,14-15H,2,6-9H2,1H3,(H,19,20,25)/t14-,15-/m0/s1. The van der Waals surface area contributed by atoms with Gasteiger partial charge in [0.05, 0.1) is 11.5 Å². The van der Waals surface area contributed by atoms with Crippen molar-refractivity contribution >= 4 is 29.9 Å². The highest BCUT2D eigenvalue weighted by atomic mass is 16.6. The maximum Gasteiger partial charge on any atom is 0.321 e. The number of carbonyl (C=O) groups is 3. The number of carbonyl (C=O) groups excluding carboxylic acids is 3. The second-order valence-electron chi connectivity index (χ2n) is 6.60. The first-order chi connectivity index (χ1) is 13.9. The third-order valence-corrected chi connectivity index (χ3v) is 4.82. The molecule has 0 radical (unpaired) electrons. The number of rotatable bonds is 5. The van der Waals surface area contributed by atoms with E-state index in [1.165, 1.54) is 18.2 Å². The number of nitrogens with one attached hydrogen (secondary N) is 1. The largest absolute Gasteiger partial charge is 0.465 e. The van der Waals surface area contributed by atoms with Crippen molar-refractivity contribution in [2.24, 2.45) is 10.9 Å². The Morgan fingerprint density at radius 2 is 2.10 bits per heavy atom. The summed E-state index contributed by atoms with van der Waals surface area (Å²) < 4.78 is 5.03. The lowest BCUT2D eigenvalue weighted by Crippen LogP contribution is -2.57. The number of non-ortho nitro benzene ring substituents is 1. The Labute approximate surface area is 166 Å². The number of nitrogens with zero attached hydrogens (tertiary/aromatic N) is 4. The molecule has 2 atom stereocenters. The maximum absolute atomic E-state index is 12.8. The normalized spacial score (nSPS) is 21.8. The van der Waals surface area contributed by atoms with Gasteiger partial charge in [-0.2, -0.15) is 0 Å². The van der Waals surface area contributed by atoms with E-state index in [0.29, 0.717) is 31.7 Å². The molecule has 29 heavy (non-hydrogen) atoms. The number of amides is 2. The van der Waals surface area contributed by atoms with Gasteiger partial charge in [-0.1, -0.05) is 12.1 Å². The van der Waals surface area contributed by atoms with Gasteiger partial charge in [-0.25, -0.2) is 4.99 Å². The Kier molecular flexibility index (Phi) is 6.05. The highest BCUT2D eigenvalue weighted by Gasteiger charge is 2.42. The first-order valence-corrected chi connectivity index (χ1v) is 9.18. The lowest BCUT2D eigenvalue weighted by Gasteiger charge is -2.37. The van der Waals surface area contributed by atoms with Gasteiger partial charge in [-0.3, -0.25) is 29.8 Å². The summed E-state index contributed by atoms with van der Waals surface area (Å²) in [5.74, 6) is -2.30. The summed E-state index contributed by atoms with van der Waals surface area (Å²) in [6.07, 6.45) is 0.765. The quantitative estimate of drug-likeness (QED) is 0.242. The molecule has 2 aliphatic rings. The molecule has 0 saturated carbocycles. The average Bonchev–Trinajstić information content (AvgIpc) is 2.73. The van der Waals surface area contributed by atoms with E-state index >= 15 is 0 Å². The number of benzene rings is 1. The summed E-state index contributed by atoms with van der Waals surface area (Å²) in [7, 11) is 0.